The van der Waals surface area contributed by atoms with E-state index < -0.39 is 4.92 Å². The highest BCUT2D eigenvalue weighted by molar-refractivity contribution is 6.32. The maximum absolute atomic E-state index is 12.1. The van der Waals surface area contributed by atoms with Crippen LogP contribution in [0.2, 0.25) is 5.02 Å². The number of benzene rings is 2. The first-order valence-corrected chi connectivity index (χ1v) is 7.98. The molecule has 0 saturated heterocycles. The van der Waals surface area contributed by atoms with Crippen molar-refractivity contribution in [3.63, 3.8) is 0 Å². The van der Waals surface area contributed by atoms with Gasteiger partial charge in [0.05, 0.1) is 15.5 Å². The standard InChI is InChI=1S/C17H11ClN6O3/c18-15-7-13(5-4-12(15)8-19)21-16(25)9-23-10-20-17(22-23)11-2-1-3-14(6-11)24(26)27/h1-7,10H,9H2,(H,21,25). The summed E-state index contributed by atoms with van der Waals surface area (Å²) in [5.74, 6) is -0.0980. The number of nitro groups is 1. The van der Waals surface area contributed by atoms with E-state index in [1.165, 1.54) is 41.3 Å². The maximum atomic E-state index is 12.1. The minimum Gasteiger partial charge on any atom is -0.324 e. The number of hydrogen-bond donors (Lipinski definition) is 1. The average molecular weight is 383 g/mol. The fourth-order valence-electron chi connectivity index (χ4n) is 2.29. The lowest BCUT2D eigenvalue weighted by atomic mass is 10.2. The van der Waals surface area contributed by atoms with E-state index in [9.17, 15) is 14.9 Å². The molecule has 27 heavy (non-hydrogen) atoms. The minimum atomic E-state index is -0.503. The van der Waals surface area contributed by atoms with Crippen LogP contribution in [0.25, 0.3) is 11.4 Å². The van der Waals surface area contributed by atoms with Gasteiger partial charge in [0, 0.05) is 23.4 Å². The van der Waals surface area contributed by atoms with E-state index in [4.69, 9.17) is 16.9 Å². The first kappa shape index (κ1) is 18.0. The lowest BCUT2D eigenvalue weighted by Gasteiger charge is -2.06. The molecule has 0 aliphatic heterocycles. The van der Waals surface area contributed by atoms with Crippen LogP contribution < -0.4 is 5.32 Å². The first-order valence-electron chi connectivity index (χ1n) is 7.60. The smallest absolute Gasteiger partial charge is 0.270 e. The van der Waals surface area contributed by atoms with Crippen LogP contribution in [-0.2, 0) is 11.3 Å². The van der Waals surface area contributed by atoms with Crippen molar-refractivity contribution >= 4 is 28.9 Å². The lowest BCUT2D eigenvalue weighted by Crippen LogP contribution is -2.19. The molecule has 0 spiro atoms. The molecule has 0 bridgehead atoms. The van der Waals surface area contributed by atoms with E-state index in [1.807, 2.05) is 6.07 Å². The van der Waals surface area contributed by atoms with Crippen molar-refractivity contribution < 1.29 is 9.72 Å². The lowest BCUT2D eigenvalue weighted by molar-refractivity contribution is -0.384. The monoisotopic (exact) mass is 382 g/mol. The zero-order valence-electron chi connectivity index (χ0n) is 13.7. The number of amides is 1. The van der Waals surface area contributed by atoms with Crippen LogP contribution in [0.3, 0.4) is 0 Å². The van der Waals surface area contributed by atoms with E-state index in [0.29, 0.717) is 16.8 Å². The Morgan fingerprint density at radius 1 is 1.33 bits per heavy atom. The number of carbonyl (C=O) groups is 1. The molecule has 0 fully saturated rings. The van der Waals surface area contributed by atoms with Crippen molar-refractivity contribution in [3.8, 4) is 17.5 Å². The summed E-state index contributed by atoms with van der Waals surface area (Å²) in [4.78, 5) is 26.6. The zero-order chi connectivity index (χ0) is 19.4. The van der Waals surface area contributed by atoms with Gasteiger partial charge in [-0.05, 0) is 18.2 Å². The highest BCUT2D eigenvalue weighted by Crippen LogP contribution is 2.21. The van der Waals surface area contributed by atoms with Crippen molar-refractivity contribution in [2.24, 2.45) is 0 Å². The summed E-state index contributed by atoms with van der Waals surface area (Å²) >= 11 is 5.93. The summed E-state index contributed by atoms with van der Waals surface area (Å²) in [7, 11) is 0. The van der Waals surface area contributed by atoms with Gasteiger partial charge in [-0.3, -0.25) is 14.9 Å². The number of nitro benzene ring substituents is 1. The van der Waals surface area contributed by atoms with Gasteiger partial charge < -0.3 is 5.32 Å². The molecule has 1 amide bonds. The molecule has 0 radical (unpaired) electrons. The molecule has 0 saturated carbocycles. The number of non-ortho nitro benzene ring substituents is 1. The van der Waals surface area contributed by atoms with Crippen LogP contribution in [-0.4, -0.2) is 25.6 Å². The Bertz CT molecular complexity index is 1070. The molecule has 2 aromatic carbocycles. The summed E-state index contributed by atoms with van der Waals surface area (Å²) < 4.78 is 1.31. The van der Waals surface area contributed by atoms with Crippen LogP contribution in [0.1, 0.15) is 5.56 Å². The van der Waals surface area contributed by atoms with Gasteiger partial charge in [0.2, 0.25) is 5.91 Å². The van der Waals surface area contributed by atoms with E-state index >= 15 is 0 Å². The Labute approximate surface area is 158 Å². The first-order chi connectivity index (χ1) is 13.0. The van der Waals surface area contributed by atoms with Gasteiger partial charge in [0.25, 0.3) is 5.69 Å². The Balaban J connectivity index is 1.69. The van der Waals surface area contributed by atoms with Gasteiger partial charge in [-0.2, -0.15) is 10.4 Å². The van der Waals surface area contributed by atoms with Gasteiger partial charge in [0.1, 0.15) is 18.9 Å². The number of carbonyl (C=O) groups excluding carboxylic acids is 1. The second-order valence-electron chi connectivity index (χ2n) is 5.43. The number of nitrogens with zero attached hydrogens (tertiary/aromatic N) is 5. The molecule has 0 unspecified atom stereocenters. The van der Waals surface area contributed by atoms with Crippen LogP contribution >= 0.6 is 11.6 Å². The summed E-state index contributed by atoms with van der Waals surface area (Å²) in [6, 6.07) is 12.4. The topological polar surface area (TPSA) is 127 Å². The number of halogens is 1. The van der Waals surface area contributed by atoms with Crippen molar-refractivity contribution in [2.75, 3.05) is 5.32 Å². The largest absolute Gasteiger partial charge is 0.324 e. The van der Waals surface area contributed by atoms with Crippen LogP contribution in [0.5, 0.6) is 0 Å². The second kappa shape index (κ2) is 7.63. The van der Waals surface area contributed by atoms with E-state index in [1.54, 1.807) is 12.1 Å². The number of nitrogens with one attached hydrogen (secondary N) is 1. The number of anilines is 1. The normalized spacial score (nSPS) is 10.2. The zero-order valence-corrected chi connectivity index (χ0v) is 14.4. The highest BCUT2D eigenvalue weighted by atomic mass is 35.5. The molecule has 10 heteroatoms. The average Bonchev–Trinajstić information content (AvgIpc) is 3.10. The fraction of sp³-hybridized carbons (Fsp3) is 0.0588. The molecule has 0 aliphatic rings. The molecule has 0 atom stereocenters. The number of rotatable bonds is 5. The predicted molar refractivity (Wildman–Crippen MR) is 96.9 cm³/mol. The Hall–Kier alpha value is -3.77. The van der Waals surface area contributed by atoms with Crippen LogP contribution in [0.15, 0.2) is 48.8 Å². The van der Waals surface area contributed by atoms with Crippen molar-refractivity contribution in [1.82, 2.24) is 14.8 Å². The number of hydrogen-bond acceptors (Lipinski definition) is 6. The molecular weight excluding hydrogens is 372 g/mol. The third-order valence-corrected chi connectivity index (χ3v) is 3.84. The summed E-state index contributed by atoms with van der Waals surface area (Å²) in [6.07, 6.45) is 1.36. The molecule has 134 valence electrons. The van der Waals surface area contributed by atoms with E-state index in [-0.39, 0.29) is 29.0 Å². The number of nitriles is 1. The Morgan fingerprint density at radius 3 is 2.85 bits per heavy atom. The summed E-state index contributed by atoms with van der Waals surface area (Å²) in [5, 5.41) is 26.7. The SMILES string of the molecule is N#Cc1ccc(NC(=O)Cn2cnc(-c3cccc([N+](=O)[O-])c3)n2)cc1Cl. The molecule has 0 aliphatic carbocycles. The van der Waals surface area contributed by atoms with Crippen LogP contribution in [0.4, 0.5) is 11.4 Å². The molecule has 3 rings (SSSR count). The highest BCUT2D eigenvalue weighted by Gasteiger charge is 2.12. The molecule has 1 heterocycles. The molecular formula is C17H11ClN6O3. The maximum Gasteiger partial charge on any atom is 0.270 e. The third-order valence-electron chi connectivity index (χ3n) is 3.53. The third kappa shape index (κ3) is 4.26. The van der Waals surface area contributed by atoms with Gasteiger partial charge in [-0.15, -0.1) is 0 Å². The van der Waals surface area contributed by atoms with Gasteiger partial charge in [-0.25, -0.2) is 9.67 Å². The van der Waals surface area contributed by atoms with Crippen molar-refractivity contribution in [3.05, 3.63) is 69.5 Å². The molecule has 1 N–H and O–H groups in total. The molecule has 9 nitrogen and oxygen atoms in total. The van der Waals surface area contributed by atoms with Gasteiger partial charge in [0.15, 0.2) is 5.82 Å². The van der Waals surface area contributed by atoms with Gasteiger partial charge in [-0.1, -0.05) is 23.7 Å². The molecule has 1 aromatic heterocycles. The second-order valence-corrected chi connectivity index (χ2v) is 5.83. The van der Waals surface area contributed by atoms with E-state index in [2.05, 4.69) is 15.4 Å². The predicted octanol–water partition coefficient (Wildman–Crippen LogP) is 3.02. The Morgan fingerprint density at radius 2 is 2.15 bits per heavy atom. The van der Waals surface area contributed by atoms with Crippen molar-refractivity contribution in [1.29, 1.82) is 5.26 Å². The number of aromatic nitrogens is 3. The van der Waals surface area contributed by atoms with E-state index in [0.717, 1.165) is 0 Å². The van der Waals surface area contributed by atoms with Crippen LogP contribution in [0, 0.1) is 21.4 Å². The minimum absolute atomic E-state index is 0.0701. The van der Waals surface area contributed by atoms with Crippen molar-refractivity contribution in [2.45, 2.75) is 6.54 Å². The fourth-order valence-corrected chi connectivity index (χ4v) is 2.52. The van der Waals surface area contributed by atoms with Gasteiger partial charge >= 0.3 is 0 Å². The summed E-state index contributed by atoms with van der Waals surface area (Å²) in [5.41, 5.74) is 1.16. The molecule has 3 aromatic rings. The quantitative estimate of drug-likeness (QED) is 0.533. The Kier molecular flexibility index (Phi) is 5.10. The summed E-state index contributed by atoms with van der Waals surface area (Å²) in [6.45, 7) is -0.112.